The molecule has 0 aliphatic heterocycles. The molecule has 0 spiro atoms. The Morgan fingerprint density at radius 2 is 2.06 bits per heavy atom. The Kier molecular flexibility index (Phi) is 4.17. The zero-order chi connectivity index (χ0) is 12.1. The van der Waals surface area contributed by atoms with Crippen LogP contribution in [0.2, 0.25) is 0 Å². The van der Waals surface area contributed by atoms with Crippen molar-refractivity contribution in [2.75, 3.05) is 6.54 Å². The second-order valence-corrected chi connectivity index (χ2v) is 3.59. The quantitative estimate of drug-likeness (QED) is 0.787. The molecular formula is C12H13F2NO. The molecule has 0 fully saturated rings. The molecule has 0 aromatic heterocycles. The fraction of sp³-hybridized carbons (Fsp3) is 0.250. The molecule has 0 bridgehead atoms. The van der Waals surface area contributed by atoms with Crippen LogP contribution in [-0.2, 0) is 0 Å². The highest BCUT2D eigenvalue weighted by Gasteiger charge is 2.13. The fourth-order valence-corrected chi connectivity index (χ4v) is 1.12. The maximum atomic E-state index is 13.2. The Bertz CT molecular complexity index is 423. The van der Waals surface area contributed by atoms with Crippen molar-refractivity contribution < 1.29 is 13.6 Å². The molecule has 1 rings (SSSR count). The molecule has 4 heteroatoms. The minimum absolute atomic E-state index is 0.276. The number of rotatable bonds is 3. The first-order valence-corrected chi connectivity index (χ1v) is 4.88. The summed E-state index contributed by atoms with van der Waals surface area (Å²) in [7, 11) is 0. The van der Waals surface area contributed by atoms with Crippen molar-refractivity contribution in [3.05, 3.63) is 47.0 Å². The van der Waals surface area contributed by atoms with E-state index in [0.29, 0.717) is 6.54 Å². The van der Waals surface area contributed by atoms with Gasteiger partial charge in [0.15, 0.2) is 11.6 Å². The van der Waals surface area contributed by atoms with Gasteiger partial charge in [-0.15, -0.1) is 0 Å². The zero-order valence-electron chi connectivity index (χ0n) is 9.18. The highest BCUT2D eigenvalue weighted by molar-refractivity contribution is 5.94. The predicted molar refractivity (Wildman–Crippen MR) is 58.1 cm³/mol. The standard InChI is InChI=1S/C12H13F2NO/c1-8(2)6-7-15-12(16)9-4-3-5-10(13)11(9)14/h3-6H,7H2,1-2H3,(H,15,16). The van der Waals surface area contributed by atoms with Crippen molar-refractivity contribution in [1.82, 2.24) is 5.32 Å². The third-order valence-electron chi connectivity index (χ3n) is 1.97. The summed E-state index contributed by atoms with van der Waals surface area (Å²) in [5.41, 5.74) is 0.766. The van der Waals surface area contributed by atoms with Crippen molar-refractivity contribution in [3.8, 4) is 0 Å². The van der Waals surface area contributed by atoms with E-state index in [1.165, 1.54) is 12.1 Å². The van der Waals surface area contributed by atoms with E-state index in [1.807, 2.05) is 13.8 Å². The molecule has 16 heavy (non-hydrogen) atoms. The SMILES string of the molecule is CC(C)=CCNC(=O)c1cccc(F)c1F. The lowest BCUT2D eigenvalue weighted by molar-refractivity contribution is 0.0953. The van der Waals surface area contributed by atoms with Crippen LogP contribution in [0.15, 0.2) is 29.8 Å². The Labute approximate surface area is 93.0 Å². The summed E-state index contributed by atoms with van der Waals surface area (Å²) in [5.74, 6) is -2.75. The summed E-state index contributed by atoms with van der Waals surface area (Å²) in [5, 5.41) is 2.48. The summed E-state index contributed by atoms with van der Waals surface area (Å²) in [4.78, 5) is 11.5. The molecule has 86 valence electrons. The average Bonchev–Trinajstić information content (AvgIpc) is 2.21. The number of amides is 1. The lowest BCUT2D eigenvalue weighted by Gasteiger charge is -2.04. The Balaban J connectivity index is 2.74. The Hall–Kier alpha value is -1.71. The average molecular weight is 225 g/mol. The van der Waals surface area contributed by atoms with Crippen molar-refractivity contribution in [3.63, 3.8) is 0 Å². The van der Waals surface area contributed by atoms with E-state index in [0.717, 1.165) is 11.6 Å². The van der Waals surface area contributed by atoms with Crippen molar-refractivity contribution in [1.29, 1.82) is 0 Å². The van der Waals surface area contributed by atoms with Crippen molar-refractivity contribution in [2.24, 2.45) is 0 Å². The molecule has 1 amide bonds. The maximum Gasteiger partial charge on any atom is 0.254 e. The number of carbonyl (C=O) groups excluding carboxylic acids is 1. The zero-order valence-corrected chi connectivity index (χ0v) is 9.18. The van der Waals surface area contributed by atoms with E-state index in [4.69, 9.17) is 0 Å². The van der Waals surface area contributed by atoms with Gasteiger partial charge in [-0.1, -0.05) is 17.7 Å². The first kappa shape index (κ1) is 12.4. The van der Waals surface area contributed by atoms with Crippen LogP contribution in [0.3, 0.4) is 0 Å². The molecule has 2 nitrogen and oxygen atoms in total. The first-order chi connectivity index (χ1) is 7.52. The van der Waals surface area contributed by atoms with E-state index in [-0.39, 0.29) is 5.56 Å². The lowest BCUT2D eigenvalue weighted by Crippen LogP contribution is -2.24. The summed E-state index contributed by atoms with van der Waals surface area (Å²) in [6.07, 6.45) is 1.79. The van der Waals surface area contributed by atoms with Crippen LogP contribution in [0.25, 0.3) is 0 Å². The number of hydrogen-bond acceptors (Lipinski definition) is 1. The fourth-order valence-electron chi connectivity index (χ4n) is 1.12. The lowest BCUT2D eigenvalue weighted by atomic mass is 10.2. The van der Waals surface area contributed by atoms with Gasteiger partial charge in [0.05, 0.1) is 5.56 Å². The van der Waals surface area contributed by atoms with Gasteiger partial charge in [0, 0.05) is 6.54 Å². The molecule has 0 aliphatic carbocycles. The van der Waals surface area contributed by atoms with Gasteiger partial charge < -0.3 is 5.32 Å². The number of hydrogen-bond donors (Lipinski definition) is 1. The molecule has 0 heterocycles. The normalized spacial score (nSPS) is 9.75. The van der Waals surface area contributed by atoms with E-state index in [9.17, 15) is 13.6 Å². The predicted octanol–water partition coefficient (Wildman–Crippen LogP) is 2.66. The van der Waals surface area contributed by atoms with E-state index >= 15 is 0 Å². The van der Waals surface area contributed by atoms with Crippen molar-refractivity contribution in [2.45, 2.75) is 13.8 Å². The van der Waals surface area contributed by atoms with E-state index in [1.54, 1.807) is 6.08 Å². The van der Waals surface area contributed by atoms with Gasteiger partial charge in [-0.25, -0.2) is 8.78 Å². The summed E-state index contributed by atoms with van der Waals surface area (Å²) in [6, 6.07) is 3.52. The number of benzene rings is 1. The Morgan fingerprint density at radius 1 is 1.38 bits per heavy atom. The molecule has 0 unspecified atom stereocenters. The second-order valence-electron chi connectivity index (χ2n) is 3.59. The van der Waals surface area contributed by atoms with Crippen LogP contribution in [0, 0.1) is 11.6 Å². The molecule has 0 saturated heterocycles. The number of allylic oxidation sites excluding steroid dienone is 1. The van der Waals surface area contributed by atoms with Gasteiger partial charge in [0.1, 0.15) is 0 Å². The van der Waals surface area contributed by atoms with Gasteiger partial charge >= 0.3 is 0 Å². The van der Waals surface area contributed by atoms with Gasteiger partial charge in [0.25, 0.3) is 5.91 Å². The largest absolute Gasteiger partial charge is 0.348 e. The second kappa shape index (κ2) is 5.39. The summed E-state index contributed by atoms with van der Waals surface area (Å²) in [6.45, 7) is 4.07. The highest BCUT2D eigenvalue weighted by atomic mass is 19.2. The molecule has 1 N–H and O–H groups in total. The monoisotopic (exact) mass is 225 g/mol. The molecular weight excluding hydrogens is 212 g/mol. The molecule has 1 aromatic carbocycles. The number of carbonyl (C=O) groups is 1. The van der Waals surface area contributed by atoms with Crippen molar-refractivity contribution >= 4 is 5.91 Å². The first-order valence-electron chi connectivity index (χ1n) is 4.88. The van der Waals surface area contributed by atoms with Crippen LogP contribution in [0.5, 0.6) is 0 Å². The molecule has 0 saturated carbocycles. The minimum Gasteiger partial charge on any atom is -0.348 e. The molecule has 1 aromatic rings. The molecule has 0 atom stereocenters. The number of halogens is 2. The van der Waals surface area contributed by atoms with Crippen LogP contribution in [-0.4, -0.2) is 12.5 Å². The van der Waals surface area contributed by atoms with Gasteiger partial charge in [0.2, 0.25) is 0 Å². The minimum atomic E-state index is -1.11. The molecule has 0 radical (unpaired) electrons. The third-order valence-corrected chi connectivity index (χ3v) is 1.97. The van der Waals surface area contributed by atoms with E-state index in [2.05, 4.69) is 5.32 Å². The van der Waals surface area contributed by atoms with Crippen LogP contribution in [0.4, 0.5) is 8.78 Å². The van der Waals surface area contributed by atoms with Gasteiger partial charge in [-0.2, -0.15) is 0 Å². The Morgan fingerprint density at radius 3 is 2.69 bits per heavy atom. The van der Waals surface area contributed by atoms with E-state index < -0.39 is 17.5 Å². The van der Waals surface area contributed by atoms with Crippen LogP contribution < -0.4 is 5.32 Å². The third kappa shape index (κ3) is 3.15. The summed E-state index contributed by atoms with van der Waals surface area (Å²) >= 11 is 0. The van der Waals surface area contributed by atoms with Crippen LogP contribution >= 0.6 is 0 Å². The number of nitrogens with one attached hydrogen (secondary N) is 1. The van der Waals surface area contributed by atoms with Gasteiger partial charge in [-0.3, -0.25) is 4.79 Å². The maximum absolute atomic E-state index is 13.2. The van der Waals surface area contributed by atoms with Gasteiger partial charge in [-0.05, 0) is 26.0 Å². The topological polar surface area (TPSA) is 29.1 Å². The molecule has 0 aliphatic rings. The van der Waals surface area contributed by atoms with Crippen LogP contribution in [0.1, 0.15) is 24.2 Å². The highest BCUT2D eigenvalue weighted by Crippen LogP contribution is 2.10. The summed E-state index contributed by atoms with van der Waals surface area (Å²) < 4.78 is 26.0. The smallest absolute Gasteiger partial charge is 0.254 e.